The highest BCUT2D eigenvalue weighted by atomic mass is 16.5. The molecule has 0 aliphatic carbocycles. The number of hydrogen-bond donors (Lipinski definition) is 1. The Balaban J connectivity index is 1.33. The second kappa shape index (κ2) is 9.58. The van der Waals surface area contributed by atoms with Gasteiger partial charge >= 0.3 is 0 Å². The lowest BCUT2D eigenvalue weighted by molar-refractivity contribution is 0.0465. The van der Waals surface area contributed by atoms with Crippen molar-refractivity contribution in [2.75, 3.05) is 19.8 Å². The average Bonchev–Trinajstić information content (AvgIpc) is 2.64. The second-order valence-corrected chi connectivity index (χ2v) is 6.54. The van der Waals surface area contributed by atoms with Crippen LogP contribution in [-0.2, 0) is 22.7 Å². The van der Waals surface area contributed by atoms with Crippen molar-refractivity contribution in [3.05, 3.63) is 71.8 Å². The van der Waals surface area contributed by atoms with E-state index in [0.717, 1.165) is 26.2 Å². The highest BCUT2D eigenvalue weighted by Crippen LogP contribution is 2.18. The van der Waals surface area contributed by atoms with Crippen molar-refractivity contribution < 1.29 is 9.47 Å². The van der Waals surface area contributed by atoms with Crippen LogP contribution in [0.2, 0.25) is 0 Å². The Bertz CT molecular complexity index is 521. The summed E-state index contributed by atoms with van der Waals surface area (Å²) in [7, 11) is 0. The number of rotatable bonds is 8. The van der Waals surface area contributed by atoms with Gasteiger partial charge < -0.3 is 14.8 Å². The largest absolute Gasteiger partial charge is 0.376 e. The molecule has 2 unspecified atom stereocenters. The van der Waals surface area contributed by atoms with Crippen LogP contribution in [0.15, 0.2) is 60.7 Å². The molecule has 24 heavy (non-hydrogen) atoms. The van der Waals surface area contributed by atoms with Crippen LogP contribution >= 0.6 is 0 Å². The minimum atomic E-state index is 0.438. The monoisotopic (exact) mass is 325 g/mol. The first-order valence-corrected chi connectivity index (χ1v) is 8.87. The molecule has 0 amide bonds. The van der Waals surface area contributed by atoms with Gasteiger partial charge in [0.05, 0.1) is 19.8 Å². The summed E-state index contributed by atoms with van der Waals surface area (Å²) >= 11 is 0. The second-order valence-electron chi connectivity index (χ2n) is 6.54. The van der Waals surface area contributed by atoms with Crippen LogP contribution in [0.5, 0.6) is 0 Å². The zero-order valence-electron chi connectivity index (χ0n) is 14.2. The molecule has 1 heterocycles. The van der Waals surface area contributed by atoms with E-state index in [1.165, 1.54) is 17.5 Å². The first-order valence-electron chi connectivity index (χ1n) is 8.87. The summed E-state index contributed by atoms with van der Waals surface area (Å²) in [6.45, 7) is 4.06. The number of nitrogens with one attached hydrogen (secondary N) is 1. The van der Waals surface area contributed by atoms with Crippen LogP contribution < -0.4 is 5.32 Å². The average molecular weight is 325 g/mol. The summed E-state index contributed by atoms with van der Waals surface area (Å²) < 4.78 is 11.8. The quantitative estimate of drug-likeness (QED) is 0.801. The van der Waals surface area contributed by atoms with Gasteiger partial charge in [0.1, 0.15) is 0 Å². The Labute approximate surface area is 145 Å². The summed E-state index contributed by atoms with van der Waals surface area (Å²) in [5.74, 6) is 0.625. The van der Waals surface area contributed by atoms with E-state index in [0.29, 0.717) is 25.2 Å². The normalized spacial score (nSPS) is 20.8. The number of ether oxygens (including phenoxy) is 2. The minimum absolute atomic E-state index is 0.438. The van der Waals surface area contributed by atoms with Gasteiger partial charge in [0, 0.05) is 12.6 Å². The van der Waals surface area contributed by atoms with E-state index in [2.05, 4.69) is 53.8 Å². The highest BCUT2D eigenvalue weighted by molar-refractivity contribution is 5.14. The molecule has 1 saturated heterocycles. The molecule has 3 rings (SSSR count). The Hall–Kier alpha value is -1.68. The van der Waals surface area contributed by atoms with E-state index in [-0.39, 0.29) is 0 Å². The lowest BCUT2D eigenvalue weighted by atomic mass is 9.93. The molecule has 0 aromatic heterocycles. The molecule has 1 N–H and O–H groups in total. The summed E-state index contributed by atoms with van der Waals surface area (Å²) in [6.07, 6.45) is 2.31. The maximum atomic E-state index is 5.91. The molecule has 0 bridgehead atoms. The van der Waals surface area contributed by atoms with Crippen molar-refractivity contribution in [3.63, 3.8) is 0 Å². The molecule has 2 aromatic rings. The van der Waals surface area contributed by atoms with Gasteiger partial charge in [-0.3, -0.25) is 0 Å². The Kier molecular flexibility index (Phi) is 6.84. The molecule has 0 radical (unpaired) electrons. The van der Waals surface area contributed by atoms with Crippen molar-refractivity contribution in [3.8, 4) is 0 Å². The van der Waals surface area contributed by atoms with Gasteiger partial charge in [0.15, 0.2) is 0 Å². The zero-order chi connectivity index (χ0) is 16.5. The van der Waals surface area contributed by atoms with Crippen LogP contribution in [-0.4, -0.2) is 25.8 Å². The van der Waals surface area contributed by atoms with Crippen molar-refractivity contribution in [1.29, 1.82) is 0 Å². The van der Waals surface area contributed by atoms with Crippen LogP contribution in [0.4, 0.5) is 0 Å². The third kappa shape index (κ3) is 5.75. The molecule has 1 aliphatic heterocycles. The fourth-order valence-corrected chi connectivity index (χ4v) is 3.18. The number of piperidine rings is 1. The molecule has 1 aliphatic rings. The lowest BCUT2D eigenvalue weighted by Crippen LogP contribution is -2.42. The standard InChI is InChI=1S/C21H27NO2/c1-3-7-18(8-4-1)14-23-16-20-11-12-22-21(13-20)17-24-15-19-9-5-2-6-10-19/h1-10,20-22H,11-17H2. The van der Waals surface area contributed by atoms with E-state index in [1.54, 1.807) is 0 Å². The fourth-order valence-electron chi connectivity index (χ4n) is 3.18. The first kappa shape index (κ1) is 17.2. The third-order valence-electron chi connectivity index (χ3n) is 4.50. The summed E-state index contributed by atoms with van der Waals surface area (Å²) in [6, 6.07) is 21.2. The zero-order valence-corrected chi connectivity index (χ0v) is 14.2. The van der Waals surface area contributed by atoms with E-state index in [9.17, 15) is 0 Å². The van der Waals surface area contributed by atoms with E-state index in [4.69, 9.17) is 9.47 Å². The summed E-state index contributed by atoms with van der Waals surface area (Å²) in [5, 5.41) is 3.56. The molecule has 0 spiro atoms. The molecule has 0 saturated carbocycles. The number of hydrogen-bond acceptors (Lipinski definition) is 3. The van der Waals surface area contributed by atoms with Crippen molar-refractivity contribution >= 4 is 0 Å². The van der Waals surface area contributed by atoms with Crippen molar-refractivity contribution in [2.24, 2.45) is 5.92 Å². The highest BCUT2D eigenvalue weighted by Gasteiger charge is 2.21. The van der Waals surface area contributed by atoms with E-state index in [1.807, 2.05) is 12.1 Å². The Morgan fingerprint density at radius 1 is 0.792 bits per heavy atom. The molecular weight excluding hydrogens is 298 g/mol. The van der Waals surface area contributed by atoms with Crippen molar-refractivity contribution in [1.82, 2.24) is 5.32 Å². The van der Waals surface area contributed by atoms with Crippen LogP contribution in [0.3, 0.4) is 0 Å². The first-order chi connectivity index (χ1) is 11.9. The smallest absolute Gasteiger partial charge is 0.0717 e. The van der Waals surface area contributed by atoms with Crippen molar-refractivity contribution in [2.45, 2.75) is 32.1 Å². The lowest BCUT2D eigenvalue weighted by Gasteiger charge is -2.30. The van der Waals surface area contributed by atoms with Crippen LogP contribution in [0.25, 0.3) is 0 Å². The van der Waals surface area contributed by atoms with Gasteiger partial charge in [-0.05, 0) is 36.4 Å². The Morgan fingerprint density at radius 3 is 2.00 bits per heavy atom. The van der Waals surface area contributed by atoms with Crippen LogP contribution in [0.1, 0.15) is 24.0 Å². The topological polar surface area (TPSA) is 30.5 Å². The van der Waals surface area contributed by atoms with Crippen LogP contribution in [0, 0.1) is 5.92 Å². The van der Waals surface area contributed by atoms with Gasteiger partial charge in [0.2, 0.25) is 0 Å². The molecule has 128 valence electrons. The maximum absolute atomic E-state index is 5.91. The third-order valence-corrected chi connectivity index (χ3v) is 4.50. The number of benzene rings is 2. The van der Waals surface area contributed by atoms with Gasteiger partial charge in [0.25, 0.3) is 0 Å². The minimum Gasteiger partial charge on any atom is -0.376 e. The summed E-state index contributed by atoms with van der Waals surface area (Å²) in [4.78, 5) is 0. The Morgan fingerprint density at radius 2 is 1.38 bits per heavy atom. The van der Waals surface area contributed by atoms with Gasteiger partial charge in [-0.2, -0.15) is 0 Å². The van der Waals surface area contributed by atoms with Gasteiger partial charge in [-0.25, -0.2) is 0 Å². The summed E-state index contributed by atoms with van der Waals surface area (Å²) in [5.41, 5.74) is 2.48. The van der Waals surface area contributed by atoms with Gasteiger partial charge in [-0.15, -0.1) is 0 Å². The molecule has 3 heteroatoms. The molecule has 2 aromatic carbocycles. The predicted octanol–water partition coefficient (Wildman–Crippen LogP) is 3.79. The molecular formula is C21H27NO2. The van der Waals surface area contributed by atoms with E-state index >= 15 is 0 Å². The predicted molar refractivity (Wildman–Crippen MR) is 96.7 cm³/mol. The molecule has 1 fully saturated rings. The fraction of sp³-hybridized carbons (Fsp3) is 0.429. The maximum Gasteiger partial charge on any atom is 0.0717 e. The molecule has 2 atom stereocenters. The SMILES string of the molecule is c1ccc(COCC2CCNC(COCc3ccccc3)C2)cc1. The van der Waals surface area contributed by atoms with Gasteiger partial charge in [-0.1, -0.05) is 60.7 Å². The molecule has 3 nitrogen and oxygen atoms in total. The van der Waals surface area contributed by atoms with E-state index < -0.39 is 0 Å².